The highest BCUT2D eigenvalue weighted by Gasteiger charge is 2.19. The van der Waals surface area contributed by atoms with Crippen LogP contribution in [0.2, 0.25) is 0 Å². The summed E-state index contributed by atoms with van der Waals surface area (Å²) in [7, 11) is 0. The number of hydrogen-bond donors (Lipinski definition) is 3. The van der Waals surface area contributed by atoms with Crippen molar-refractivity contribution in [3.8, 4) is 0 Å². The van der Waals surface area contributed by atoms with Crippen molar-refractivity contribution in [2.45, 2.75) is 25.7 Å². The van der Waals surface area contributed by atoms with Gasteiger partial charge in [0.05, 0.1) is 16.8 Å². The molecule has 4 N–H and O–H groups in total. The Bertz CT molecular complexity index is 935. The Morgan fingerprint density at radius 1 is 1.21 bits per heavy atom. The van der Waals surface area contributed by atoms with Gasteiger partial charge in [0, 0.05) is 4.88 Å². The number of primary amides is 1. The first kappa shape index (κ1) is 14.8. The van der Waals surface area contributed by atoms with Gasteiger partial charge in [0.1, 0.15) is 5.52 Å². The van der Waals surface area contributed by atoms with E-state index in [0.717, 1.165) is 25.0 Å². The van der Waals surface area contributed by atoms with Gasteiger partial charge in [-0.3, -0.25) is 14.9 Å². The zero-order chi connectivity index (χ0) is 16.7. The second kappa shape index (κ2) is 5.72. The number of nitrogens with one attached hydrogen (secondary N) is 2. The third-order valence-electron chi connectivity index (χ3n) is 4.06. The van der Waals surface area contributed by atoms with Crippen LogP contribution in [0.5, 0.6) is 0 Å². The number of nitrogens with zero attached hydrogens (tertiary/aromatic N) is 2. The van der Waals surface area contributed by atoms with Crippen LogP contribution >= 0.6 is 11.3 Å². The first-order chi connectivity index (χ1) is 11.6. The molecule has 1 aromatic carbocycles. The predicted molar refractivity (Wildman–Crippen MR) is 91.3 cm³/mol. The number of carbonyl (C=O) groups is 2. The first-order valence-electron chi connectivity index (χ1n) is 7.70. The van der Waals surface area contributed by atoms with Crippen LogP contribution < -0.4 is 11.1 Å². The Morgan fingerprint density at radius 2 is 2.04 bits per heavy atom. The molecule has 0 aliphatic heterocycles. The van der Waals surface area contributed by atoms with Gasteiger partial charge < -0.3 is 10.7 Å². The molecule has 0 atom stereocenters. The van der Waals surface area contributed by atoms with E-state index in [1.54, 1.807) is 18.2 Å². The largest absolute Gasteiger partial charge is 0.363 e. The predicted octanol–water partition coefficient (Wildman–Crippen LogP) is 2.25. The van der Waals surface area contributed by atoms with Crippen molar-refractivity contribution in [1.82, 2.24) is 15.0 Å². The Morgan fingerprint density at radius 3 is 2.83 bits per heavy atom. The summed E-state index contributed by atoms with van der Waals surface area (Å²) in [6.07, 6.45) is 4.32. The Labute approximate surface area is 141 Å². The molecule has 0 fully saturated rings. The fraction of sp³-hybridized carbons (Fsp3) is 0.250. The molecule has 0 saturated heterocycles. The SMILES string of the molecule is NC(=O)c1nc2c(C(=O)Nc3nc4c(s3)CCCC4)cccc2[nH]1. The molecule has 0 spiro atoms. The number of fused-ring (bicyclic) bond motifs is 2. The number of imidazole rings is 1. The van der Waals surface area contributed by atoms with Gasteiger partial charge in [0.2, 0.25) is 0 Å². The van der Waals surface area contributed by atoms with E-state index in [0.29, 0.717) is 21.7 Å². The standard InChI is InChI=1S/C16H15N5O2S/c17-13(22)14-18-10-6-3-4-8(12(10)20-14)15(23)21-16-19-9-5-1-2-7-11(9)24-16/h3-4,6H,1-2,5,7H2,(H2,17,22)(H,18,20)(H,19,21,23). The Hall–Kier alpha value is -2.74. The normalized spacial score (nSPS) is 13.7. The van der Waals surface area contributed by atoms with E-state index in [1.165, 1.54) is 22.6 Å². The molecule has 1 aliphatic carbocycles. The average molecular weight is 341 g/mol. The monoisotopic (exact) mass is 341 g/mol. The number of thiazole rings is 1. The minimum atomic E-state index is -0.662. The van der Waals surface area contributed by atoms with Gasteiger partial charge in [0.25, 0.3) is 11.8 Å². The number of amides is 2. The molecule has 122 valence electrons. The first-order valence-corrected chi connectivity index (χ1v) is 8.52. The van der Waals surface area contributed by atoms with Gasteiger partial charge in [-0.05, 0) is 37.8 Å². The quantitative estimate of drug-likeness (QED) is 0.678. The van der Waals surface area contributed by atoms with Crippen molar-refractivity contribution in [2.24, 2.45) is 5.73 Å². The number of carbonyl (C=O) groups excluding carboxylic acids is 2. The van der Waals surface area contributed by atoms with E-state index in [-0.39, 0.29) is 11.7 Å². The summed E-state index contributed by atoms with van der Waals surface area (Å²) in [6, 6.07) is 5.14. The van der Waals surface area contributed by atoms with Crippen LogP contribution in [0.4, 0.5) is 5.13 Å². The van der Waals surface area contributed by atoms with Crippen LogP contribution in [-0.2, 0) is 12.8 Å². The van der Waals surface area contributed by atoms with E-state index in [9.17, 15) is 9.59 Å². The zero-order valence-electron chi connectivity index (χ0n) is 12.8. The molecule has 2 aromatic heterocycles. The number of para-hydroxylation sites is 1. The van der Waals surface area contributed by atoms with Crippen molar-refractivity contribution in [3.05, 3.63) is 40.2 Å². The molecule has 7 nitrogen and oxygen atoms in total. The number of anilines is 1. The summed E-state index contributed by atoms with van der Waals surface area (Å²) >= 11 is 1.53. The van der Waals surface area contributed by atoms with Crippen molar-refractivity contribution >= 4 is 39.3 Å². The molecular weight excluding hydrogens is 326 g/mol. The lowest BCUT2D eigenvalue weighted by molar-refractivity contribution is 0.0989. The van der Waals surface area contributed by atoms with E-state index >= 15 is 0 Å². The molecule has 8 heteroatoms. The lowest BCUT2D eigenvalue weighted by atomic mass is 10.0. The molecule has 2 heterocycles. The van der Waals surface area contributed by atoms with E-state index < -0.39 is 5.91 Å². The molecule has 4 rings (SSSR count). The van der Waals surface area contributed by atoms with Gasteiger partial charge in [-0.25, -0.2) is 9.97 Å². The summed E-state index contributed by atoms with van der Waals surface area (Å²) in [5.41, 5.74) is 7.73. The minimum Gasteiger partial charge on any atom is -0.363 e. The summed E-state index contributed by atoms with van der Waals surface area (Å²) in [5.74, 6) is -0.922. The number of hydrogen-bond acceptors (Lipinski definition) is 5. The highest BCUT2D eigenvalue weighted by atomic mass is 32.1. The van der Waals surface area contributed by atoms with Gasteiger partial charge >= 0.3 is 0 Å². The lowest BCUT2D eigenvalue weighted by Crippen LogP contribution is -2.13. The summed E-state index contributed by atoms with van der Waals surface area (Å²) < 4.78 is 0. The Kier molecular flexibility index (Phi) is 3.53. The van der Waals surface area contributed by atoms with Gasteiger partial charge in [-0.15, -0.1) is 11.3 Å². The molecule has 3 aromatic rings. The van der Waals surface area contributed by atoms with Gasteiger partial charge in [-0.1, -0.05) is 6.07 Å². The smallest absolute Gasteiger partial charge is 0.284 e. The van der Waals surface area contributed by atoms with Gasteiger partial charge in [0.15, 0.2) is 11.0 Å². The molecule has 1 aliphatic rings. The highest BCUT2D eigenvalue weighted by Crippen LogP contribution is 2.30. The molecule has 2 amide bonds. The summed E-state index contributed by atoms with van der Waals surface area (Å²) in [5, 5.41) is 3.45. The maximum absolute atomic E-state index is 12.6. The minimum absolute atomic E-state index is 0.0370. The number of aromatic amines is 1. The third kappa shape index (κ3) is 2.54. The van der Waals surface area contributed by atoms with Gasteiger partial charge in [-0.2, -0.15) is 0 Å². The molecule has 0 bridgehead atoms. The zero-order valence-corrected chi connectivity index (χ0v) is 13.6. The van der Waals surface area contributed by atoms with Crippen LogP contribution in [0.3, 0.4) is 0 Å². The fourth-order valence-electron chi connectivity index (χ4n) is 2.90. The van der Waals surface area contributed by atoms with E-state index in [2.05, 4.69) is 20.3 Å². The maximum Gasteiger partial charge on any atom is 0.284 e. The van der Waals surface area contributed by atoms with Crippen molar-refractivity contribution in [3.63, 3.8) is 0 Å². The second-order valence-corrected chi connectivity index (χ2v) is 6.79. The number of aromatic nitrogens is 3. The molecule has 0 radical (unpaired) electrons. The molecule has 0 unspecified atom stereocenters. The molecular formula is C16H15N5O2S. The summed E-state index contributed by atoms with van der Waals surface area (Å²) in [4.78, 5) is 36.6. The number of rotatable bonds is 3. The maximum atomic E-state index is 12.6. The number of benzene rings is 1. The number of H-pyrrole nitrogens is 1. The Balaban J connectivity index is 1.65. The van der Waals surface area contributed by atoms with Crippen molar-refractivity contribution in [2.75, 3.05) is 5.32 Å². The van der Waals surface area contributed by atoms with Crippen LogP contribution in [0.1, 0.15) is 44.4 Å². The van der Waals surface area contributed by atoms with Crippen LogP contribution in [0, 0.1) is 0 Å². The molecule has 0 saturated carbocycles. The van der Waals surface area contributed by atoms with Crippen LogP contribution in [0.15, 0.2) is 18.2 Å². The highest BCUT2D eigenvalue weighted by molar-refractivity contribution is 7.15. The topological polar surface area (TPSA) is 114 Å². The number of nitrogens with two attached hydrogens (primary N) is 1. The second-order valence-electron chi connectivity index (χ2n) is 5.70. The fourth-order valence-corrected chi connectivity index (χ4v) is 3.95. The van der Waals surface area contributed by atoms with Crippen molar-refractivity contribution < 1.29 is 9.59 Å². The average Bonchev–Trinajstić information content (AvgIpc) is 3.17. The lowest BCUT2D eigenvalue weighted by Gasteiger charge is -2.06. The van der Waals surface area contributed by atoms with E-state index in [1.807, 2.05) is 0 Å². The van der Waals surface area contributed by atoms with E-state index in [4.69, 9.17) is 5.73 Å². The van der Waals surface area contributed by atoms with Crippen LogP contribution in [0.25, 0.3) is 11.0 Å². The van der Waals surface area contributed by atoms with Crippen molar-refractivity contribution in [1.29, 1.82) is 0 Å². The van der Waals surface area contributed by atoms with Crippen LogP contribution in [-0.4, -0.2) is 26.8 Å². The molecule has 24 heavy (non-hydrogen) atoms. The summed E-state index contributed by atoms with van der Waals surface area (Å²) in [6.45, 7) is 0. The number of aryl methyl sites for hydroxylation is 2. The third-order valence-corrected chi connectivity index (χ3v) is 5.13.